The molecule has 0 fully saturated rings. The summed E-state index contributed by atoms with van der Waals surface area (Å²) >= 11 is 0. The average molecular weight is 251 g/mol. The molecule has 0 aliphatic heterocycles. The van der Waals surface area contributed by atoms with Crippen LogP contribution in [0.3, 0.4) is 0 Å². The van der Waals surface area contributed by atoms with Gasteiger partial charge in [0.05, 0.1) is 7.11 Å². The van der Waals surface area contributed by atoms with Gasteiger partial charge < -0.3 is 14.3 Å². The van der Waals surface area contributed by atoms with Gasteiger partial charge in [0, 0.05) is 0 Å². The van der Waals surface area contributed by atoms with Crippen molar-refractivity contribution >= 4 is 16.9 Å². The molecule has 7 heteroatoms. The number of aromatic nitrogens is 1. The Labute approximate surface area is 99.8 Å². The molecule has 1 N–H and O–H groups in total. The van der Waals surface area contributed by atoms with E-state index < -0.39 is 23.8 Å². The summed E-state index contributed by atoms with van der Waals surface area (Å²) < 4.78 is 10.4. The van der Waals surface area contributed by atoms with E-state index in [0.29, 0.717) is 4.57 Å². The van der Waals surface area contributed by atoms with Crippen molar-refractivity contribution in [3.63, 3.8) is 0 Å². The van der Waals surface area contributed by atoms with Crippen molar-refractivity contribution in [2.45, 2.75) is 6.54 Å². The Balaban J connectivity index is 2.87. The van der Waals surface area contributed by atoms with Crippen molar-refractivity contribution in [3.8, 4) is 5.75 Å². The number of ether oxygens (including phenoxy) is 1. The third-order valence-corrected chi connectivity index (χ3v) is 2.38. The Morgan fingerprint density at radius 2 is 2.17 bits per heavy atom. The fraction of sp³-hybridized carbons (Fsp3) is 0.182. The molecule has 0 bridgehead atoms. The van der Waals surface area contributed by atoms with Crippen molar-refractivity contribution in [1.82, 2.24) is 4.57 Å². The topological polar surface area (TPSA) is 98.7 Å². The highest BCUT2D eigenvalue weighted by molar-refractivity contribution is 5.82. The molecule has 0 saturated heterocycles. The third kappa shape index (κ3) is 1.86. The smallest absolute Gasteiger partial charge is 0.422 e. The van der Waals surface area contributed by atoms with Crippen molar-refractivity contribution < 1.29 is 19.1 Å². The van der Waals surface area contributed by atoms with Gasteiger partial charge in [0.25, 0.3) is 5.56 Å². The molecule has 0 radical (unpaired) electrons. The highest BCUT2D eigenvalue weighted by atomic mass is 16.5. The molecule has 7 nitrogen and oxygen atoms in total. The van der Waals surface area contributed by atoms with Gasteiger partial charge in [0.2, 0.25) is 0 Å². The minimum Gasteiger partial charge on any atom is -0.496 e. The minimum absolute atomic E-state index is 0.0425. The van der Waals surface area contributed by atoms with Crippen LogP contribution in [0.25, 0.3) is 11.0 Å². The lowest BCUT2D eigenvalue weighted by Gasteiger charge is -2.05. The molecular formula is C11H9NO6. The number of rotatable bonds is 3. The Kier molecular flexibility index (Phi) is 2.88. The molecule has 1 aromatic carbocycles. The first-order chi connectivity index (χ1) is 8.54. The molecule has 0 saturated carbocycles. The first-order valence-corrected chi connectivity index (χ1v) is 4.97. The Morgan fingerprint density at radius 3 is 2.78 bits per heavy atom. The highest BCUT2D eigenvalue weighted by Crippen LogP contribution is 2.20. The molecule has 0 aliphatic rings. The fourth-order valence-corrected chi connectivity index (χ4v) is 1.62. The van der Waals surface area contributed by atoms with Crippen LogP contribution in [0.15, 0.2) is 32.2 Å². The lowest BCUT2D eigenvalue weighted by molar-refractivity contribution is -0.137. The molecule has 0 unspecified atom stereocenters. The quantitative estimate of drug-likeness (QED) is 0.827. The van der Waals surface area contributed by atoms with Gasteiger partial charge in [-0.05, 0) is 12.1 Å². The molecule has 2 aromatic rings. The van der Waals surface area contributed by atoms with Gasteiger partial charge in [-0.15, -0.1) is 0 Å². The van der Waals surface area contributed by atoms with Crippen LogP contribution in [0.4, 0.5) is 0 Å². The van der Waals surface area contributed by atoms with E-state index in [1.807, 2.05) is 0 Å². The van der Waals surface area contributed by atoms with E-state index in [1.165, 1.54) is 19.2 Å². The number of carbonyl (C=O) groups is 1. The van der Waals surface area contributed by atoms with Gasteiger partial charge in [-0.3, -0.25) is 9.59 Å². The third-order valence-electron chi connectivity index (χ3n) is 2.38. The molecule has 1 heterocycles. The molecular weight excluding hydrogens is 242 g/mol. The fourth-order valence-electron chi connectivity index (χ4n) is 1.62. The SMILES string of the molecule is COc1cccc2oc(=O)n(CC(=O)O)c(=O)c12. The van der Waals surface area contributed by atoms with E-state index >= 15 is 0 Å². The summed E-state index contributed by atoms with van der Waals surface area (Å²) in [6.45, 7) is -0.755. The highest BCUT2D eigenvalue weighted by Gasteiger charge is 2.15. The lowest BCUT2D eigenvalue weighted by Crippen LogP contribution is -2.35. The summed E-state index contributed by atoms with van der Waals surface area (Å²) in [5.74, 6) is -2.10. The largest absolute Gasteiger partial charge is 0.496 e. The summed E-state index contributed by atoms with van der Waals surface area (Å²) in [4.78, 5) is 34.1. The number of carboxylic acid groups (broad SMARTS) is 1. The predicted molar refractivity (Wildman–Crippen MR) is 60.9 cm³/mol. The summed E-state index contributed by atoms with van der Waals surface area (Å²) in [6, 6.07) is 4.52. The summed E-state index contributed by atoms with van der Waals surface area (Å²) in [6.07, 6.45) is 0. The van der Waals surface area contributed by atoms with Crippen LogP contribution in [0.1, 0.15) is 0 Å². The normalized spacial score (nSPS) is 10.5. The van der Waals surface area contributed by atoms with Crippen LogP contribution in [-0.4, -0.2) is 22.8 Å². The summed E-state index contributed by atoms with van der Waals surface area (Å²) in [5, 5.41) is 8.69. The maximum absolute atomic E-state index is 12.0. The predicted octanol–water partition coefficient (Wildman–Crippen LogP) is 0.0479. The molecule has 0 amide bonds. The number of benzene rings is 1. The first-order valence-electron chi connectivity index (χ1n) is 4.97. The van der Waals surface area contributed by atoms with Crippen molar-refractivity contribution in [2.75, 3.05) is 7.11 Å². The minimum atomic E-state index is -1.31. The van der Waals surface area contributed by atoms with Gasteiger partial charge in [-0.25, -0.2) is 9.36 Å². The standard InChI is InChI=1S/C11H9NO6/c1-17-6-3-2-4-7-9(6)10(15)12(5-8(13)14)11(16)18-7/h2-4H,5H2,1H3,(H,13,14). The van der Waals surface area contributed by atoms with Crippen LogP contribution in [-0.2, 0) is 11.3 Å². The number of carboxylic acids is 1. The maximum Gasteiger partial charge on any atom is 0.422 e. The zero-order valence-corrected chi connectivity index (χ0v) is 9.37. The second-order valence-electron chi connectivity index (χ2n) is 3.49. The first kappa shape index (κ1) is 11.9. The molecule has 1 aromatic heterocycles. The number of hydrogen-bond acceptors (Lipinski definition) is 5. The number of aliphatic carboxylic acids is 1. The lowest BCUT2D eigenvalue weighted by atomic mass is 10.2. The van der Waals surface area contributed by atoms with E-state index in [2.05, 4.69) is 0 Å². The van der Waals surface area contributed by atoms with E-state index in [1.54, 1.807) is 6.07 Å². The number of fused-ring (bicyclic) bond motifs is 1. The summed E-state index contributed by atoms with van der Waals surface area (Å²) in [5.41, 5.74) is -0.688. The van der Waals surface area contributed by atoms with Gasteiger partial charge in [-0.2, -0.15) is 0 Å². The monoisotopic (exact) mass is 251 g/mol. The molecule has 0 aliphatic carbocycles. The second kappa shape index (κ2) is 4.36. The van der Waals surface area contributed by atoms with E-state index in [4.69, 9.17) is 14.3 Å². The Bertz CT molecular complexity index is 726. The number of hydrogen-bond donors (Lipinski definition) is 1. The van der Waals surface area contributed by atoms with Crippen molar-refractivity contribution in [3.05, 3.63) is 39.1 Å². The van der Waals surface area contributed by atoms with E-state index in [9.17, 15) is 14.4 Å². The van der Waals surface area contributed by atoms with E-state index in [0.717, 1.165) is 0 Å². The maximum atomic E-state index is 12.0. The van der Waals surface area contributed by atoms with Crippen LogP contribution in [0.5, 0.6) is 5.75 Å². The molecule has 94 valence electrons. The van der Waals surface area contributed by atoms with Crippen LogP contribution in [0.2, 0.25) is 0 Å². The number of methoxy groups -OCH3 is 1. The number of nitrogens with zero attached hydrogens (tertiary/aromatic N) is 1. The molecule has 2 rings (SSSR count). The Hall–Kier alpha value is -2.57. The zero-order chi connectivity index (χ0) is 13.3. The molecule has 18 heavy (non-hydrogen) atoms. The van der Waals surface area contributed by atoms with Crippen molar-refractivity contribution in [2.24, 2.45) is 0 Å². The van der Waals surface area contributed by atoms with E-state index in [-0.39, 0.29) is 16.7 Å². The molecule has 0 spiro atoms. The zero-order valence-electron chi connectivity index (χ0n) is 9.37. The van der Waals surface area contributed by atoms with Gasteiger partial charge >= 0.3 is 11.7 Å². The second-order valence-corrected chi connectivity index (χ2v) is 3.49. The van der Waals surface area contributed by atoms with Gasteiger partial charge in [0.15, 0.2) is 0 Å². The van der Waals surface area contributed by atoms with Crippen LogP contribution < -0.4 is 16.1 Å². The van der Waals surface area contributed by atoms with Crippen LogP contribution in [0, 0.1) is 0 Å². The van der Waals surface area contributed by atoms with Gasteiger partial charge in [0.1, 0.15) is 23.3 Å². The summed E-state index contributed by atoms with van der Waals surface area (Å²) in [7, 11) is 1.36. The Morgan fingerprint density at radius 1 is 1.44 bits per heavy atom. The average Bonchev–Trinajstić information content (AvgIpc) is 2.33. The van der Waals surface area contributed by atoms with Gasteiger partial charge in [-0.1, -0.05) is 6.07 Å². The van der Waals surface area contributed by atoms with Crippen LogP contribution >= 0.6 is 0 Å². The van der Waals surface area contributed by atoms with Crippen molar-refractivity contribution in [1.29, 1.82) is 0 Å². The molecule has 0 atom stereocenters.